The number of carbonyl (C=O) groups is 1. The van der Waals surface area contributed by atoms with Gasteiger partial charge in [0, 0.05) is 11.7 Å². The quantitative estimate of drug-likeness (QED) is 0.814. The van der Waals surface area contributed by atoms with Crippen molar-refractivity contribution in [3.05, 3.63) is 41.8 Å². The van der Waals surface area contributed by atoms with Crippen LogP contribution >= 0.6 is 0 Å². The van der Waals surface area contributed by atoms with Crippen molar-refractivity contribution in [2.75, 3.05) is 0 Å². The van der Waals surface area contributed by atoms with E-state index in [1.807, 2.05) is 20.8 Å². The number of hydrogen-bond acceptors (Lipinski definition) is 1. The Kier molecular flexibility index (Phi) is 4.26. The molecule has 0 aliphatic rings. The van der Waals surface area contributed by atoms with Gasteiger partial charge in [-0.2, -0.15) is 0 Å². The van der Waals surface area contributed by atoms with E-state index in [-0.39, 0.29) is 17.4 Å². The van der Waals surface area contributed by atoms with Gasteiger partial charge in [-0.1, -0.05) is 12.1 Å². The number of halogens is 1. The summed E-state index contributed by atoms with van der Waals surface area (Å²) in [6.07, 6.45) is 3.11. The molecule has 0 fully saturated rings. The minimum atomic E-state index is -0.300. The lowest BCUT2D eigenvalue weighted by Gasteiger charge is -2.19. The van der Waals surface area contributed by atoms with Crippen LogP contribution in [0.25, 0.3) is 6.08 Å². The molecule has 4 heteroatoms. The molecule has 0 spiro atoms. The summed E-state index contributed by atoms with van der Waals surface area (Å²) < 4.78 is 12.8. The largest absolute Gasteiger partial charge is 0.333 e. The van der Waals surface area contributed by atoms with Crippen molar-refractivity contribution >= 4 is 12.1 Å². The fourth-order valence-corrected chi connectivity index (χ4v) is 1.20. The highest BCUT2D eigenvalue weighted by Gasteiger charge is 2.11. The smallest absolute Gasteiger partial charge is 0.319 e. The molecule has 0 aliphatic heterocycles. The zero-order chi connectivity index (χ0) is 12.9. The van der Waals surface area contributed by atoms with Gasteiger partial charge in [0.15, 0.2) is 0 Å². The first-order chi connectivity index (χ1) is 7.87. The summed E-state index contributed by atoms with van der Waals surface area (Å²) in [4.78, 5) is 11.4. The lowest BCUT2D eigenvalue weighted by atomic mass is 10.1. The van der Waals surface area contributed by atoms with Gasteiger partial charge >= 0.3 is 6.03 Å². The molecular formula is C13H17FN2O. The maximum Gasteiger partial charge on any atom is 0.319 e. The summed E-state index contributed by atoms with van der Waals surface area (Å²) in [6, 6.07) is 5.84. The molecular weight excluding hydrogens is 219 g/mol. The Labute approximate surface area is 101 Å². The Hall–Kier alpha value is -1.84. The average molecular weight is 236 g/mol. The molecule has 92 valence electrons. The van der Waals surface area contributed by atoms with Crippen LogP contribution in [0.4, 0.5) is 9.18 Å². The van der Waals surface area contributed by atoms with E-state index in [4.69, 9.17) is 0 Å². The standard InChI is InChI=1S/C13H17FN2O/c1-13(2,3)16-12(17)15-8-7-10-5-4-6-11(14)9-10/h4-9H,1-3H3,(H2,15,16,17)/b8-7+. The number of hydrogen-bond donors (Lipinski definition) is 2. The number of carbonyl (C=O) groups excluding carboxylic acids is 1. The fourth-order valence-electron chi connectivity index (χ4n) is 1.20. The average Bonchev–Trinajstić information content (AvgIpc) is 2.14. The Balaban J connectivity index is 2.48. The Morgan fingerprint density at radius 2 is 2.06 bits per heavy atom. The highest BCUT2D eigenvalue weighted by molar-refractivity contribution is 5.76. The molecule has 0 saturated heterocycles. The molecule has 0 radical (unpaired) electrons. The first-order valence-corrected chi connectivity index (χ1v) is 5.38. The minimum Gasteiger partial charge on any atom is -0.333 e. The molecule has 1 rings (SSSR count). The second-order valence-corrected chi connectivity index (χ2v) is 4.74. The summed E-state index contributed by atoms with van der Waals surface area (Å²) in [5, 5.41) is 5.30. The molecule has 0 atom stereocenters. The number of nitrogens with one attached hydrogen (secondary N) is 2. The van der Waals surface area contributed by atoms with Gasteiger partial charge in [0.25, 0.3) is 0 Å². The molecule has 0 heterocycles. The van der Waals surface area contributed by atoms with E-state index in [0.717, 1.165) is 0 Å². The predicted molar refractivity (Wildman–Crippen MR) is 66.9 cm³/mol. The zero-order valence-corrected chi connectivity index (χ0v) is 10.3. The maximum atomic E-state index is 12.8. The van der Waals surface area contributed by atoms with Crippen molar-refractivity contribution in [2.45, 2.75) is 26.3 Å². The molecule has 2 amide bonds. The van der Waals surface area contributed by atoms with Crippen molar-refractivity contribution in [1.82, 2.24) is 10.6 Å². The van der Waals surface area contributed by atoms with Gasteiger partial charge in [0.2, 0.25) is 0 Å². The van der Waals surface area contributed by atoms with Crippen molar-refractivity contribution in [2.24, 2.45) is 0 Å². The van der Waals surface area contributed by atoms with E-state index in [9.17, 15) is 9.18 Å². The van der Waals surface area contributed by atoms with E-state index in [1.165, 1.54) is 18.3 Å². The van der Waals surface area contributed by atoms with Gasteiger partial charge in [-0.25, -0.2) is 9.18 Å². The monoisotopic (exact) mass is 236 g/mol. The maximum absolute atomic E-state index is 12.8. The van der Waals surface area contributed by atoms with Crippen LogP contribution in [0.5, 0.6) is 0 Å². The van der Waals surface area contributed by atoms with Crippen LogP contribution in [0.15, 0.2) is 30.5 Å². The molecule has 2 N–H and O–H groups in total. The molecule has 0 unspecified atom stereocenters. The number of amides is 2. The summed E-state index contributed by atoms with van der Waals surface area (Å²) in [6.45, 7) is 5.68. The van der Waals surface area contributed by atoms with E-state index in [1.54, 1.807) is 18.2 Å². The molecule has 1 aromatic rings. The van der Waals surface area contributed by atoms with E-state index in [2.05, 4.69) is 10.6 Å². The SMILES string of the molecule is CC(C)(C)NC(=O)N/C=C/c1cccc(F)c1. The van der Waals surface area contributed by atoms with Gasteiger partial charge in [-0.3, -0.25) is 0 Å². The highest BCUT2D eigenvalue weighted by Crippen LogP contribution is 2.04. The molecule has 0 saturated carbocycles. The molecule has 0 aliphatic carbocycles. The van der Waals surface area contributed by atoms with Crippen LogP contribution in [0, 0.1) is 5.82 Å². The number of urea groups is 1. The van der Waals surface area contributed by atoms with Crippen LogP contribution in [-0.2, 0) is 0 Å². The summed E-state index contributed by atoms with van der Waals surface area (Å²) >= 11 is 0. The lowest BCUT2D eigenvalue weighted by Crippen LogP contribution is -2.44. The van der Waals surface area contributed by atoms with Crippen LogP contribution < -0.4 is 10.6 Å². The second-order valence-electron chi connectivity index (χ2n) is 4.74. The van der Waals surface area contributed by atoms with Crippen LogP contribution in [0.1, 0.15) is 26.3 Å². The van der Waals surface area contributed by atoms with Gasteiger partial charge in [-0.15, -0.1) is 0 Å². The topological polar surface area (TPSA) is 41.1 Å². The van der Waals surface area contributed by atoms with Gasteiger partial charge in [-0.05, 0) is 44.5 Å². The normalized spacial score (nSPS) is 11.5. The minimum absolute atomic E-state index is 0.281. The summed E-state index contributed by atoms with van der Waals surface area (Å²) in [5.41, 5.74) is 0.414. The van der Waals surface area contributed by atoms with Crippen LogP contribution in [0.2, 0.25) is 0 Å². The molecule has 1 aromatic carbocycles. The summed E-state index contributed by atoms with van der Waals surface area (Å²) in [7, 11) is 0. The molecule has 0 aromatic heterocycles. The van der Waals surface area contributed by atoms with Crippen LogP contribution in [-0.4, -0.2) is 11.6 Å². The van der Waals surface area contributed by atoms with Crippen molar-refractivity contribution in [3.63, 3.8) is 0 Å². The first kappa shape index (κ1) is 13.2. The third kappa shape index (κ3) is 5.70. The van der Waals surface area contributed by atoms with E-state index >= 15 is 0 Å². The van der Waals surface area contributed by atoms with Crippen molar-refractivity contribution in [1.29, 1.82) is 0 Å². The number of rotatable bonds is 2. The fraction of sp³-hybridized carbons (Fsp3) is 0.308. The van der Waals surface area contributed by atoms with E-state index < -0.39 is 0 Å². The highest BCUT2D eigenvalue weighted by atomic mass is 19.1. The second kappa shape index (κ2) is 5.48. The zero-order valence-electron chi connectivity index (χ0n) is 10.3. The molecule has 17 heavy (non-hydrogen) atoms. The van der Waals surface area contributed by atoms with Gasteiger partial charge in [0.1, 0.15) is 5.82 Å². The van der Waals surface area contributed by atoms with Crippen molar-refractivity contribution < 1.29 is 9.18 Å². The third-order valence-electron chi connectivity index (χ3n) is 1.83. The van der Waals surface area contributed by atoms with E-state index in [0.29, 0.717) is 5.56 Å². The van der Waals surface area contributed by atoms with Gasteiger partial charge in [0.05, 0.1) is 0 Å². The van der Waals surface area contributed by atoms with Gasteiger partial charge < -0.3 is 10.6 Å². The predicted octanol–water partition coefficient (Wildman–Crippen LogP) is 2.89. The lowest BCUT2D eigenvalue weighted by molar-refractivity contribution is 0.235. The molecule has 0 bridgehead atoms. The Bertz CT molecular complexity index is 422. The Morgan fingerprint density at radius 3 is 2.65 bits per heavy atom. The van der Waals surface area contributed by atoms with Crippen molar-refractivity contribution in [3.8, 4) is 0 Å². The van der Waals surface area contributed by atoms with Crippen LogP contribution in [0.3, 0.4) is 0 Å². The third-order valence-corrected chi connectivity index (χ3v) is 1.83. The summed E-state index contributed by atoms with van der Waals surface area (Å²) in [5.74, 6) is -0.300. The number of benzene rings is 1. The first-order valence-electron chi connectivity index (χ1n) is 5.38. The Morgan fingerprint density at radius 1 is 1.35 bits per heavy atom. The molecule has 3 nitrogen and oxygen atoms in total.